The number of benzene rings is 1. The molecule has 2 N–H and O–H groups in total. The minimum Gasteiger partial charge on any atom is -0.481 e. The van der Waals surface area contributed by atoms with E-state index >= 15 is 0 Å². The van der Waals surface area contributed by atoms with Gasteiger partial charge in [-0.2, -0.15) is 26.3 Å². The van der Waals surface area contributed by atoms with Gasteiger partial charge >= 0.3 is 18.3 Å². The first-order valence-electron chi connectivity index (χ1n) is 7.72. The van der Waals surface area contributed by atoms with Crippen LogP contribution in [0, 0.1) is 11.8 Å². The summed E-state index contributed by atoms with van der Waals surface area (Å²) in [5, 5.41) is 11.2. The van der Waals surface area contributed by atoms with Crippen molar-refractivity contribution in [3.05, 3.63) is 29.3 Å². The number of hydrogen-bond donors (Lipinski definition) is 2. The van der Waals surface area contributed by atoms with E-state index in [9.17, 15) is 35.9 Å². The molecule has 1 fully saturated rings. The van der Waals surface area contributed by atoms with Crippen molar-refractivity contribution in [3.63, 3.8) is 0 Å². The van der Waals surface area contributed by atoms with Gasteiger partial charge in [-0.1, -0.05) is 12.8 Å². The third kappa shape index (κ3) is 4.67. The van der Waals surface area contributed by atoms with Gasteiger partial charge in [0.05, 0.1) is 23.0 Å². The van der Waals surface area contributed by atoms with E-state index in [1.165, 1.54) is 0 Å². The van der Waals surface area contributed by atoms with Crippen molar-refractivity contribution in [1.29, 1.82) is 0 Å². The van der Waals surface area contributed by atoms with E-state index < -0.39 is 52.9 Å². The highest BCUT2D eigenvalue weighted by atomic mass is 19.4. The first kappa shape index (κ1) is 20.1. The molecule has 2 unspecified atom stereocenters. The third-order valence-electron chi connectivity index (χ3n) is 4.28. The molecule has 0 spiro atoms. The molecule has 1 aromatic carbocycles. The monoisotopic (exact) mass is 383 g/mol. The normalized spacial score (nSPS) is 21.3. The molecule has 0 aliphatic heterocycles. The van der Waals surface area contributed by atoms with Crippen molar-refractivity contribution in [2.24, 2.45) is 11.8 Å². The van der Waals surface area contributed by atoms with Crippen molar-refractivity contribution < 1.29 is 41.0 Å². The van der Waals surface area contributed by atoms with Crippen LogP contribution in [0.4, 0.5) is 32.0 Å². The molecule has 1 amide bonds. The second-order valence-electron chi connectivity index (χ2n) is 6.12. The van der Waals surface area contributed by atoms with Gasteiger partial charge < -0.3 is 10.4 Å². The number of carboxylic acid groups (broad SMARTS) is 1. The number of anilines is 1. The second-order valence-corrected chi connectivity index (χ2v) is 6.12. The fraction of sp³-hybridized carbons (Fsp3) is 0.500. The molecule has 10 heteroatoms. The van der Waals surface area contributed by atoms with Crippen LogP contribution in [0.25, 0.3) is 0 Å². The van der Waals surface area contributed by atoms with Crippen LogP contribution >= 0.6 is 0 Å². The van der Waals surface area contributed by atoms with Gasteiger partial charge in [0.15, 0.2) is 0 Å². The van der Waals surface area contributed by atoms with Gasteiger partial charge in [0.25, 0.3) is 0 Å². The Kier molecular flexibility index (Phi) is 5.52. The molecule has 1 aliphatic rings. The largest absolute Gasteiger partial charge is 0.481 e. The first-order chi connectivity index (χ1) is 11.9. The molecule has 0 radical (unpaired) electrons. The first-order valence-corrected chi connectivity index (χ1v) is 7.72. The minimum atomic E-state index is -5.03. The Morgan fingerprint density at radius 2 is 1.35 bits per heavy atom. The number of alkyl halides is 6. The van der Waals surface area contributed by atoms with Crippen molar-refractivity contribution in [1.82, 2.24) is 0 Å². The number of aliphatic carboxylic acids is 1. The molecule has 1 saturated carbocycles. The second kappa shape index (κ2) is 7.16. The summed E-state index contributed by atoms with van der Waals surface area (Å²) in [5.74, 6) is -4.14. The van der Waals surface area contributed by atoms with Gasteiger partial charge in [-0.25, -0.2) is 0 Å². The van der Waals surface area contributed by atoms with Crippen LogP contribution in [0.2, 0.25) is 0 Å². The Morgan fingerprint density at radius 1 is 0.885 bits per heavy atom. The Labute approximate surface area is 144 Å². The highest BCUT2D eigenvalue weighted by molar-refractivity contribution is 5.95. The molecule has 0 aromatic heterocycles. The Hall–Kier alpha value is -2.26. The van der Waals surface area contributed by atoms with Gasteiger partial charge in [-0.15, -0.1) is 0 Å². The molecule has 1 aliphatic carbocycles. The number of carboxylic acids is 1. The van der Waals surface area contributed by atoms with E-state index in [2.05, 4.69) is 0 Å². The number of amides is 1. The molecular formula is C16H15F6NO3. The lowest BCUT2D eigenvalue weighted by atomic mass is 9.78. The molecule has 2 rings (SSSR count). The van der Waals surface area contributed by atoms with Crippen LogP contribution in [0.15, 0.2) is 18.2 Å². The molecule has 144 valence electrons. The van der Waals surface area contributed by atoms with Crippen molar-refractivity contribution in [3.8, 4) is 0 Å². The van der Waals surface area contributed by atoms with E-state index in [4.69, 9.17) is 5.11 Å². The third-order valence-corrected chi connectivity index (χ3v) is 4.28. The number of nitrogens with one attached hydrogen (secondary N) is 1. The zero-order valence-electron chi connectivity index (χ0n) is 13.2. The lowest BCUT2D eigenvalue weighted by Crippen LogP contribution is -2.36. The summed E-state index contributed by atoms with van der Waals surface area (Å²) in [6, 6.07) is 0.744. The quantitative estimate of drug-likeness (QED) is 0.753. The summed E-state index contributed by atoms with van der Waals surface area (Å²) >= 11 is 0. The smallest absolute Gasteiger partial charge is 0.416 e. The maximum absolute atomic E-state index is 12.8. The minimum absolute atomic E-state index is 0.0453. The molecule has 2 atom stereocenters. The molecule has 0 saturated heterocycles. The van der Waals surface area contributed by atoms with E-state index in [1.807, 2.05) is 5.32 Å². The fourth-order valence-corrected chi connectivity index (χ4v) is 3.00. The lowest BCUT2D eigenvalue weighted by Gasteiger charge is -2.27. The summed E-state index contributed by atoms with van der Waals surface area (Å²) in [6.07, 6.45) is -8.50. The topological polar surface area (TPSA) is 66.4 Å². The highest BCUT2D eigenvalue weighted by Gasteiger charge is 2.38. The van der Waals surface area contributed by atoms with Crippen molar-refractivity contribution in [2.75, 3.05) is 5.32 Å². The Bertz CT molecular complexity index is 666. The SMILES string of the molecule is O=C(O)C1CCCCC1C(=O)Nc1cc(C(F)(F)F)cc(C(F)(F)F)c1. The lowest BCUT2D eigenvalue weighted by molar-refractivity contribution is -0.147. The van der Waals surface area contributed by atoms with Gasteiger partial charge in [-0.05, 0) is 31.0 Å². The zero-order valence-corrected chi connectivity index (χ0v) is 13.2. The van der Waals surface area contributed by atoms with E-state index in [1.54, 1.807) is 0 Å². The van der Waals surface area contributed by atoms with Gasteiger partial charge in [-0.3, -0.25) is 9.59 Å². The molecular weight excluding hydrogens is 368 g/mol. The van der Waals surface area contributed by atoms with Gasteiger partial charge in [0.1, 0.15) is 0 Å². The van der Waals surface area contributed by atoms with Crippen LogP contribution in [-0.2, 0) is 21.9 Å². The molecule has 26 heavy (non-hydrogen) atoms. The Morgan fingerprint density at radius 3 is 1.77 bits per heavy atom. The van der Waals surface area contributed by atoms with Crippen LogP contribution < -0.4 is 5.32 Å². The predicted octanol–water partition coefficient (Wildman–Crippen LogP) is 4.55. The maximum atomic E-state index is 12.8. The standard InChI is InChI=1S/C16H15F6NO3/c17-15(18,19)8-5-9(16(20,21)22)7-10(6-8)23-13(24)11-3-1-2-4-12(11)14(25)26/h5-7,11-12H,1-4H2,(H,23,24)(H,25,26). The summed E-state index contributed by atoms with van der Waals surface area (Å²) in [6.45, 7) is 0. The fourth-order valence-electron chi connectivity index (χ4n) is 3.00. The summed E-state index contributed by atoms with van der Waals surface area (Å²) in [4.78, 5) is 23.5. The average Bonchev–Trinajstić information content (AvgIpc) is 2.52. The summed E-state index contributed by atoms with van der Waals surface area (Å²) in [7, 11) is 0. The molecule has 0 bridgehead atoms. The zero-order chi connectivity index (χ0) is 19.7. The number of rotatable bonds is 3. The van der Waals surface area contributed by atoms with Gasteiger partial charge in [0, 0.05) is 5.69 Å². The predicted molar refractivity (Wildman–Crippen MR) is 78.2 cm³/mol. The van der Waals surface area contributed by atoms with Crippen molar-refractivity contribution in [2.45, 2.75) is 38.0 Å². The molecule has 0 heterocycles. The van der Waals surface area contributed by atoms with Gasteiger partial charge in [0.2, 0.25) is 5.91 Å². The van der Waals surface area contributed by atoms with Crippen LogP contribution in [0.1, 0.15) is 36.8 Å². The van der Waals surface area contributed by atoms with E-state index in [-0.39, 0.29) is 18.9 Å². The van der Waals surface area contributed by atoms with E-state index in [0.29, 0.717) is 25.0 Å². The maximum Gasteiger partial charge on any atom is 0.416 e. The summed E-state index contributed by atoms with van der Waals surface area (Å²) in [5.41, 5.74) is -3.78. The van der Waals surface area contributed by atoms with E-state index in [0.717, 1.165) is 0 Å². The van der Waals surface area contributed by atoms with Crippen molar-refractivity contribution >= 4 is 17.6 Å². The number of carbonyl (C=O) groups is 2. The van der Waals surface area contributed by atoms with Crippen LogP contribution in [-0.4, -0.2) is 17.0 Å². The average molecular weight is 383 g/mol. The summed E-state index contributed by atoms with van der Waals surface area (Å²) < 4.78 is 77.0. The number of carbonyl (C=O) groups excluding carboxylic acids is 1. The van der Waals surface area contributed by atoms with Crippen LogP contribution in [0.3, 0.4) is 0 Å². The Balaban J connectivity index is 2.32. The number of halogens is 6. The molecule has 4 nitrogen and oxygen atoms in total. The number of hydrogen-bond acceptors (Lipinski definition) is 2. The van der Waals surface area contributed by atoms with Crippen LogP contribution in [0.5, 0.6) is 0 Å². The molecule has 1 aromatic rings. The highest BCUT2D eigenvalue weighted by Crippen LogP contribution is 2.38.